The highest BCUT2D eigenvalue weighted by Gasteiger charge is 2.43. The summed E-state index contributed by atoms with van der Waals surface area (Å²) >= 11 is 13.3. The largest absolute Gasteiger partial charge is 0.482 e. The molecular formula is C22H24Cl2O3S. The molecule has 0 saturated carbocycles. The lowest BCUT2D eigenvalue weighted by atomic mass is 10.0. The maximum absolute atomic E-state index is 12.4. The summed E-state index contributed by atoms with van der Waals surface area (Å²) in [6.45, 7) is 7.00. The number of aryl methyl sites for hydroxylation is 2. The third-order valence-corrected chi connectivity index (χ3v) is 6.02. The SMILES string of the molecule is CSc1ccc(C(=O)/C=C/c2cc(C)c(OC(C)(C)C(O)(Cl)Cl)c(C)c2)cc1. The fourth-order valence-electron chi connectivity index (χ4n) is 2.58. The number of thioether (sulfide) groups is 1. The topological polar surface area (TPSA) is 46.5 Å². The van der Waals surface area contributed by atoms with Crippen LogP contribution in [0.3, 0.4) is 0 Å². The predicted molar refractivity (Wildman–Crippen MR) is 119 cm³/mol. The minimum atomic E-state index is -2.04. The molecule has 0 heterocycles. The summed E-state index contributed by atoms with van der Waals surface area (Å²) in [5.74, 6) is 0.541. The molecule has 1 N–H and O–H groups in total. The van der Waals surface area contributed by atoms with Crippen molar-refractivity contribution in [1.29, 1.82) is 0 Å². The van der Waals surface area contributed by atoms with E-state index >= 15 is 0 Å². The summed E-state index contributed by atoms with van der Waals surface area (Å²) < 4.78 is 3.85. The van der Waals surface area contributed by atoms with Crippen molar-refractivity contribution in [2.75, 3.05) is 6.26 Å². The lowest BCUT2D eigenvalue weighted by Gasteiger charge is -2.34. The third kappa shape index (κ3) is 5.54. The molecule has 0 aliphatic heterocycles. The van der Waals surface area contributed by atoms with Gasteiger partial charge in [-0.2, -0.15) is 0 Å². The zero-order chi connectivity index (χ0) is 21.1. The molecule has 0 atom stereocenters. The van der Waals surface area contributed by atoms with E-state index in [1.54, 1.807) is 37.8 Å². The molecule has 0 saturated heterocycles. The molecule has 3 nitrogen and oxygen atoms in total. The van der Waals surface area contributed by atoms with Crippen LogP contribution < -0.4 is 4.74 Å². The number of halogens is 2. The first-order chi connectivity index (χ1) is 12.9. The van der Waals surface area contributed by atoms with Gasteiger partial charge < -0.3 is 9.84 Å². The van der Waals surface area contributed by atoms with Crippen molar-refractivity contribution < 1.29 is 14.6 Å². The van der Waals surface area contributed by atoms with E-state index in [4.69, 9.17) is 27.9 Å². The van der Waals surface area contributed by atoms with E-state index in [0.717, 1.165) is 21.6 Å². The maximum atomic E-state index is 12.4. The van der Waals surface area contributed by atoms with Crippen LogP contribution in [0.2, 0.25) is 0 Å². The Morgan fingerprint density at radius 3 is 2.11 bits per heavy atom. The van der Waals surface area contributed by atoms with Gasteiger partial charge in [0.2, 0.25) is 0 Å². The molecular weight excluding hydrogens is 415 g/mol. The monoisotopic (exact) mass is 438 g/mol. The Morgan fingerprint density at radius 2 is 1.64 bits per heavy atom. The summed E-state index contributed by atoms with van der Waals surface area (Å²) in [6.07, 6.45) is 5.33. The minimum absolute atomic E-state index is 0.0567. The number of carbonyl (C=O) groups excluding carboxylic acids is 1. The molecule has 2 aromatic rings. The zero-order valence-corrected chi connectivity index (χ0v) is 18.9. The van der Waals surface area contributed by atoms with Gasteiger partial charge in [0.25, 0.3) is 4.52 Å². The number of ketones is 1. The zero-order valence-electron chi connectivity index (χ0n) is 16.5. The fourth-order valence-corrected chi connectivity index (χ4v) is 3.07. The first-order valence-electron chi connectivity index (χ1n) is 8.71. The van der Waals surface area contributed by atoms with E-state index in [9.17, 15) is 9.90 Å². The molecule has 2 rings (SSSR count). The smallest absolute Gasteiger partial charge is 0.255 e. The summed E-state index contributed by atoms with van der Waals surface area (Å²) in [5.41, 5.74) is 2.01. The van der Waals surface area contributed by atoms with E-state index < -0.39 is 10.1 Å². The van der Waals surface area contributed by atoms with Crippen LogP contribution in [-0.4, -0.2) is 27.3 Å². The molecule has 0 bridgehead atoms. The summed E-state index contributed by atoms with van der Waals surface area (Å²) in [4.78, 5) is 13.5. The van der Waals surface area contributed by atoms with Crippen LogP contribution in [0, 0.1) is 13.8 Å². The van der Waals surface area contributed by atoms with Crippen molar-refractivity contribution >= 4 is 46.8 Å². The van der Waals surface area contributed by atoms with E-state index in [-0.39, 0.29) is 5.78 Å². The Labute approximate surface area is 180 Å². The van der Waals surface area contributed by atoms with E-state index in [1.807, 2.05) is 56.5 Å². The molecule has 28 heavy (non-hydrogen) atoms. The highest BCUT2D eigenvalue weighted by Crippen LogP contribution is 2.37. The molecule has 0 aliphatic rings. The summed E-state index contributed by atoms with van der Waals surface area (Å²) in [7, 11) is 0. The van der Waals surface area contributed by atoms with Crippen LogP contribution in [0.25, 0.3) is 6.08 Å². The standard InChI is InChI=1S/C22H24Cl2O3S/c1-14-12-16(6-11-19(25)17-7-9-18(28-5)10-8-17)13-15(2)20(14)27-21(3,4)22(23,24)26/h6-13,26H,1-5H3/b11-6+. The highest BCUT2D eigenvalue weighted by molar-refractivity contribution is 7.98. The summed E-state index contributed by atoms with van der Waals surface area (Å²) in [6, 6.07) is 11.3. The number of ether oxygens (including phenoxy) is 1. The molecule has 2 aromatic carbocycles. The molecule has 0 amide bonds. The van der Waals surface area contributed by atoms with E-state index in [0.29, 0.717) is 11.3 Å². The Bertz CT molecular complexity index is 859. The van der Waals surface area contributed by atoms with Gasteiger partial charge in [0, 0.05) is 10.5 Å². The van der Waals surface area contributed by atoms with Crippen LogP contribution in [-0.2, 0) is 0 Å². The van der Waals surface area contributed by atoms with Crippen molar-refractivity contribution in [2.45, 2.75) is 42.7 Å². The minimum Gasteiger partial charge on any atom is -0.482 e. The number of aliphatic hydroxyl groups is 1. The van der Waals surface area contributed by atoms with Crippen molar-refractivity contribution in [3.8, 4) is 5.75 Å². The Kier molecular flexibility index (Phi) is 7.27. The molecule has 0 aromatic heterocycles. The Balaban J connectivity index is 2.21. The van der Waals surface area contributed by atoms with Gasteiger partial charge in [-0.05, 0) is 93.1 Å². The molecule has 0 spiro atoms. The number of rotatable bonds is 7. The Morgan fingerprint density at radius 1 is 1.11 bits per heavy atom. The third-order valence-electron chi connectivity index (χ3n) is 4.37. The van der Waals surface area contributed by atoms with Gasteiger partial charge in [-0.3, -0.25) is 4.79 Å². The van der Waals surface area contributed by atoms with Crippen LogP contribution in [0.5, 0.6) is 5.75 Å². The van der Waals surface area contributed by atoms with Gasteiger partial charge >= 0.3 is 0 Å². The summed E-state index contributed by atoms with van der Waals surface area (Å²) in [5, 5.41) is 9.89. The number of hydrogen-bond donors (Lipinski definition) is 1. The molecule has 150 valence electrons. The number of hydrogen-bond acceptors (Lipinski definition) is 4. The van der Waals surface area contributed by atoms with Crippen LogP contribution in [0.15, 0.2) is 47.4 Å². The van der Waals surface area contributed by atoms with Crippen LogP contribution in [0.4, 0.5) is 0 Å². The van der Waals surface area contributed by atoms with Crippen molar-refractivity contribution in [3.63, 3.8) is 0 Å². The van der Waals surface area contributed by atoms with Crippen LogP contribution in [0.1, 0.15) is 40.9 Å². The van der Waals surface area contributed by atoms with Crippen LogP contribution >= 0.6 is 35.0 Å². The van der Waals surface area contributed by atoms with Gasteiger partial charge in [0.05, 0.1) is 0 Å². The van der Waals surface area contributed by atoms with Gasteiger partial charge in [-0.1, -0.05) is 29.3 Å². The quantitative estimate of drug-likeness (QED) is 0.241. The molecule has 0 aliphatic carbocycles. The predicted octanol–water partition coefficient (Wildman–Crippen LogP) is 6.20. The van der Waals surface area contributed by atoms with Crippen molar-refractivity contribution in [1.82, 2.24) is 0 Å². The number of benzene rings is 2. The fraction of sp³-hybridized carbons (Fsp3) is 0.318. The Hall–Kier alpha value is -1.46. The van der Waals surface area contributed by atoms with E-state index in [1.165, 1.54) is 0 Å². The van der Waals surface area contributed by atoms with Gasteiger partial charge in [0.1, 0.15) is 5.75 Å². The second-order valence-corrected chi connectivity index (χ2v) is 9.23. The first-order valence-corrected chi connectivity index (χ1v) is 10.7. The van der Waals surface area contributed by atoms with Gasteiger partial charge in [0.15, 0.2) is 11.4 Å². The lowest BCUT2D eigenvalue weighted by molar-refractivity contribution is -0.00938. The second kappa shape index (κ2) is 8.91. The molecule has 0 radical (unpaired) electrons. The highest BCUT2D eigenvalue weighted by atomic mass is 35.5. The molecule has 0 unspecified atom stereocenters. The second-order valence-electron chi connectivity index (χ2n) is 7.06. The molecule has 0 fully saturated rings. The van der Waals surface area contributed by atoms with E-state index in [2.05, 4.69) is 0 Å². The van der Waals surface area contributed by atoms with Crippen molar-refractivity contribution in [2.24, 2.45) is 0 Å². The average molecular weight is 439 g/mol. The molecule has 6 heteroatoms. The van der Waals surface area contributed by atoms with Gasteiger partial charge in [-0.15, -0.1) is 11.8 Å². The number of carbonyl (C=O) groups is 1. The number of alkyl halides is 2. The average Bonchev–Trinajstić information content (AvgIpc) is 2.62. The first kappa shape index (κ1) is 22.8. The maximum Gasteiger partial charge on any atom is 0.255 e. The lowest BCUT2D eigenvalue weighted by Crippen LogP contribution is -2.46. The number of allylic oxidation sites excluding steroid dienone is 1. The van der Waals surface area contributed by atoms with Gasteiger partial charge in [-0.25, -0.2) is 0 Å². The van der Waals surface area contributed by atoms with Crippen molar-refractivity contribution in [3.05, 3.63) is 64.7 Å². The normalized spacial score (nSPS) is 12.4.